The third-order valence-corrected chi connectivity index (χ3v) is 5.88. The maximum Gasteiger partial charge on any atom is 0.329 e. The van der Waals surface area contributed by atoms with Gasteiger partial charge in [0.2, 0.25) is 5.91 Å². The van der Waals surface area contributed by atoms with Gasteiger partial charge in [0.1, 0.15) is 18.2 Å². The van der Waals surface area contributed by atoms with E-state index >= 15 is 0 Å². The molecule has 6 heteroatoms. The number of amides is 2. The summed E-state index contributed by atoms with van der Waals surface area (Å²) in [7, 11) is 1.33. The molecular formula is C24H26N2O4. The van der Waals surface area contributed by atoms with E-state index in [-0.39, 0.29) is 17.7 Å². The highest BCUT2D eigenvalue weighted by molar-refractivity contribution is 6.05. The van der Waals surface area contributed by atoms with Gasteiger partial charge in [-0.05, 0) is 24.0 Å². The van der Waals surface area contributed by atoms with Crippen molar-refractivity contribution in [1.82, 2.24) is 9.80 Å². The fourth-order valence-corrected chi connectivity index (χ4v) is 4.58. The van der Waals surface area contributed by atoms with Crippen LogP contribution < -0.4 is 0 Å². The lowest BCUT2D eigenvalue weighted by Gasteiger charge is -2.31. The Balaban J connectivity index is 1.80. The van der Waals surface area contributed by atoms with Crippen LogP contribution in [0.5, 0.6) is 0 Å². The summed E-state index contributed by atoms with van der Waals surface area (Å²) in [6, 6.07) is 15.5. The molecule has 2 heterocycles. The average Bonchev–Trinajstić information content (AvgIpc) is 3.19. The zero-order valence-electron chi connectivity index (χ0n) is 17.4. The van der Waals surface area contributed by atoms with Crippen molar-refractivity contribution in [2.24, 2.45) is 5.92 Å². The quantitative estimate of drug-likeness (QED) is 0.691. The molecule has 2 amide bonds. The Morgan fingerprint density at radius 1 is 1.03 bits per heavy atom. The van der Waals surface area contributed by atoms with Crippen LogP contribution >= 0.6 is 0 Å². The predicted octanol–water partition coefficient (Wildman–Crippen LogP) is 3.18. The molecule has 156 valence electrons. The Kier molecular flexibility index (Phi) is 5.33. The number of fused-ring (bicyclic) bond motifs is 3. The Hall–Kier alpha value is -3.15. The van der Waals surface area contributed by atoms with Crippen molar-refractivity contribution in [1.29, 1.82) is 0 Å². The van der Waals surface area contributed by atoms with Gasteiger partial charge >= 0.3 is 5.97 Å². The van der Waals surface area contributed by atoms with Crippen molar-refractivity contribution in [2.45, 2.75) is 44.9 Å². The van der Waals surface area contributed by atoms with Crippen LogP contribution in [-0.4, -0.2) is 46.8 Å². The molecule has 3 atom stereocenters. The fraction of sp³-hybridized carbons (Fsp3) is 0.375. The van der Waals surface area contributed by atoms with E-state index in [4.69, 9.17) is 4.74 Å². The molecule has 1 fully saturated rings. The van der Waals surface area contributed by atoms with Crippen LogP contribution in [0.1, 0.15) is 47.9 Å². The molecule has 2 aliphatic rings. The minimum atomic E-state index is -0.812. The van der Waals surface area contributed by atoms with E-state index < -0.39 is 24.2 Å². The minimum Gasteiger partial charge on any atom is -0.467 e. The number of carbonyl (C=O) groups is 3. The summed E-state index contributed by atoms with van der Waals surface area (Å²) in [5.74, 6) is -0.598. The van der Waals surface area contributed by atoms with Crippen molar-refractivity contribution >= 4 is 17.8 Å². The summed E-state index contributed by atoms with van der Waals surface area (Å²) < 4.78 is 5.09. The first-order valence-corrected chi connectivity index (χ1v) is 10.3. The molecule has 0 aliphatic carbocycles. The van der Waals surface area contributed by atoms with Gasteiger partial charge in [-0.3, -0.25) is 9.59 Å². The second-order valence-corrected chi connectivity index (χ2v) is 8.29. The lowest BCUT2D eigenvalue weighted by Crippen LogP contribution is -2.46. The number of hydrogen-bond acceptors (Lipinski definition) is 4. The predicted molar refractivity (Wildman–Crippen MR) is 111 cm³/mol. The second kappa shape index (κ2) is 7.94. The summed E-state index contributed by atoms with van der Waals surface area (Å²) in [5, 5.41) is 0. The van der Waals surface area contributed by atoms with Gasteiger partial charge in [0.15, 0.2) is 0 Å². The number of nitrogens with zero attached hydrogens (tertiary/aromatic N) is 2. The molecule has 0 saturated carbocycles. The number of methoxy groups -OCH3 is 1. The van der Waals surface area contributed by atoms with Gasteiger partial charge in [-0.25, -0.2) is 4.79 Å². The van der Waals surface area contributed by atoms with E-state index in [1.807, 2.05) is 62.4 Å². The Morgan fingerprint density at radius 2 is 1.70 bits per heavy atom. The van der Waals surface area contributed by atoms with E-state index in [1.165, 1.54) is 7.11 Å². The summed E-state index contributed by atoms with van der Waals surface area (Å²) in [6.45, 7) is 4.06. The van der Waals surface area contributed by atoms with Gasteiger partial charge in [0.25, 0.3) is 5.91 Å². The first-order chi connectivity index (χ1) is 14.4. The monoisotopic (exact) mass is 406 g/mol. The number of esters is 1. The van der Waals surface area contributed by atoms with Gasteiger partial charge < -0.3 is 14.5 Å². The van der Waals surface area contributed by atoms with E-state index in [0.717, 1.165) is 11.1 Å². The fourth-order valence-electron chi connectivity index (χ4n) is 4.58. The van der Waals surface area contributed by atoms with Crippen LogP contribution in [0.3, 0.4) is 0 Å². The smallest absolute Gasteiger partial charge is 0.329 e. The van der Waals surface area contributed by atoms with Crippen molar-refractivity contribution in [3.8, 4) is 0 Å². The summed E-state index contributed by atoms with van der Waals surface area (Å²) >= 11 is 0. The molecular weight excluding hydrogens is 380 g/mol. The van der Waals surface area contributed by atoms with E-state index in [1.54, 1.807) is 15.9 Å². The van der Waals surface area contributed by atoms with E-state index in [0.29, 0.717) is 18.4 Å². The number of hydrogen-bond donors (Lipinski definition) is 0. The summed E-state index contributed by atoms with van der Waals surface area (Å²) in [5.41, 5.74) is 2.29. The number of ether oxygens (including phenoxy) is 1. The number of carbonyl (C=O) groups excluding carboxylic acids is 3. The average molecular weight is 406 g/mol. The highest BCUT2D eigenvalue weighted by Gasteiger charge is 2.56. The zero-order chi connectivity index (χ0) is 21.4. The van der Waals surface area contributed by atoms with Crippen LogP contribution in [0.15, 0.2) is 54.6 Å². The first-order valence-electron chi connectivity index (χ1n) is 10.3. The first kappa shape index (κ1) is 20.1. The molecule has 0 spiro atoms. The SMILES string of the molecule is COC(=O)C(Cc1ccccc1)N1C(=O)C(CC(C)C)N2C(=O)c3ccccc3C21. The zero-order valence-corrected chi connectivity index (χ0v) is 17.4. The van der Waals surface area contributed by atoms with Gasteiger partial charge in [-0.15, -0.1) is 0 Å². The maximum absolute atomic E-state index is 13.6. The lowest BCUT2D eigenvalue weighted by atomic mass is 10.00. The molecule has 2 aromatic carbocycles. The normalized spacial score (nSPS) is 21.1. The van der Waals surface area contributed by atoms with Crippen molar-refractivity contribution < 1.29 is 19.1 Å². The van der Waals surface area contributed by atoms with Crippen LogP contribution in [0.2, 0.25) is 0 Å². The van der Waals surface area contributed by atoms with Crippen LogP contribution in [-0.2, 0) is 20.7 Å². The highest BCUT2D eigenvalue weighted by Crippen LogP contribution is 2.45. The molecule has 2 aliphatic heterocycles. The lowest BCUT2D eigenvalue weighted by molar-refractivity contribution is -0.153. The highest BCUT2D eigenvalue weighted by atomic mass is 16.5. The van der Waals surface area contributed by atoms with Gasteiger partial charge in [-0.1, -0.05) is 62.4 Å². The minimum absolute atomic E-state index is 0.152. The van der Waals surface area contributed by atoms with Crippen LogP contribution in [0, 0.1) is 5.92 Å². The molecule has 4 rings (SSSR count). The summed E-state index contributed by atoms with van der Waals surface area (Å²) in [4.78, 5) is 42.9. The Bertz CT molecular complexity index is 972. The molecule has 0 radical (unpaired) electrons. The number of rotatable bonds is 6. The van der Waals surface area contributed by atoms with Crippen LogP contribution in [0.4, 0.5) is 0 Å². The largest absolute Gasteiger partial charge is 0.467 e. The molecule has 30 heavy (non-hydrogen) atoms. The standard InChI is InChI=1S/C24H26N2O4/c1-15(2)13-19-23(28)26(20(24(29)30-3)14-16-9-5-4-6-10-16)21-17-11-7-8-12-18(17)22(27)25(19)21/h4-12,15,19-21H,13-14H2,1-3H3. The molecule has 1 saturated heterocycles. The molecule has 3 unspecified atom stereocenters. The van der Waals surface area contributed by atoms with E-state index in [9.17, 15) is 14.4 Å². The molecule has 6 nitrogen and oxygen atoms in total. The third kappa shape index (κ3) is 3.26. The molecule has 0 N–H and O–H groups in total. The Morgan fingerprint density at radius 3 is 2.37 bits per heavy atom. The third-order valence-electron chi connectivity index (χ3n) is 5.88. The van der Waals surface area contributed by atoms with Crippen molar-refractivity contribution in [2.75, 3.05) is 7.11 Å². The van der Waals surface area contributed by atoms with Gasteiger partial charge in [0, 0.05) is 17.5 Å². The maximum atomic E-state index is 13.6. The van der Waals surface area contributed by atoms with Crippen LogP contribution in [0.25, 0.3) is 0 Å². The van der Waals surface area contributed by atoms with Crippen molar-refractivity contribution in [3.63, 3.8) is 0 Å². The second-order valence-electron chi connectivity index (χ2n) is 8.29. The topological polar surface area (TPSA) is 66.9 Å². The van der Waals surface area contributed by atoms with Crippen molar-refractivity contribution in [3.05, 3.63) is 71.3 Å². The molecule has 0 bridgehead atoms. The molecule has 2 aromatic rings. The Labute approximate surface area is 176 Å². The van der Waals surface area contributed by atoms with Gasteiger partial charge in [-0.2, -0.15) is 0 Å². The van der Waals surface area contributed by atoms with Gasteiger partial charge in [0.05, 0.1) is 7.11 Å². The molecule has 0 aromatic heterocycles. The summed E-state index contributed by atoms with van der Waals surface area (Å²) in [6.07, 6.45) is 0.289. The number of benzene rings is 2. The van der Waals surface area contributed by atoms with E-state index in [2.05, 4.69) is 0 Å².